The number of carbonyl (C=O) groups excluding carboxylic acids is 1. The summed E-state index contributed by atoms with van der Waals surface area (Å²) >= 11 is 0. The number of nitrogens with zero attached hydrogens (tertiary/aromatic N) is 2. The molecule has 1 aromatic carbocycles. The highest BCUT2D eigenvalue weighted by atomic mass is 19.1. The minimum absolute atomic E-state index is 0.141. The van der Waals surface area contributed by atoms with Crippen molar-refractivity contribution in [2.75, 3.05) is 27.2 Å². The number of likely N-dealkylation sites (tertiary alicyclic amines) is 1. The molecule has 0 radical (unpaired) electrons. The Morgan fingerprint density at radius 1 is 1.41 bits per heavy atom. The summed E-state index contributed by atoms with van der Waals surface area (Å²) in [5.41, 5.74) is 0.173. The maximum atomic E-state index is 13.9. The molecule has 2 amide bonds. The third-order valence-corrected chi connectivity index (χ3v) is 4.01. The highest BCUT2D eigenvalue weighted by Gasteiger charge is 2.35. The Hall–Kier alpha value is -1.73. The molecule has 2 unspecified atom stereocenters. The number of amides is 2. The number of β-amino-alcohol motifs (C(OH)–C–C–N with tert-alkyl or cyclic N) is 1. The molecule has 1 heterocycles. The number of halogens is 2. The highest BCUT2D eigenvalue weighted by molar-refractivity contribution is 5.74. The van der Waals surface area contributed by atoms with E-state index >= 15 is 0 Å². The average molecular weight is 313 g/mol. The van der Waals surface area contributed by atoms with Crippen LogP contribution in [-0.4, -0.2) is 60.3 Å². The summed E-state index contributed by atoms with van der Waals surface area (Å²) in [7, 11) is 3.65. The lowest BCUT2D eigenvalue weighted by atomic mass is 10.1. The molecule has 0 saturated carbocycles. The largest absolute Gasteiger partial charge is 0.390 e. The molecule has 1 aromatic rings. The second-order valence-corrected chi connectivity index (χ2v) is 5.82. The van der Waals surface area contributed by atoms with E-state index in [2.05, 4.69) is 5.32 Å². The summed E-state index contributed by atoms with van der Waals surface area (Å²) in [5, 5.41) is 12.4. The van der Waals surface area contributed by atoms with Crippen LogP contribution in [0.5, 0.6) is 0 Å². The van der Waals surface area contributed by atoms with Gasteiger partial charge in [0.05, 0.1) is 18.7 Å². The molecular formula is C15H21F2N3O2. The van der Waals surface area contributed by atoms with Crippen LogP contribution in [0.25, 0.3) is 0 Å². The summed E-state index contributed by atoms with van der Waals surface area (Å²) in [6.45, 7) is 1.89. The molecule has 2 rings (SSSR count). The summed E-state index contributed by atoms with van der Waals surface area (Å²) in [5.74, 6) is -1.33. The Morgan fingerprint density at radius 2 is 2.09 bits per heavy atom. The number of rotatable bonds is 3. The zero-order valence-corrected chi connectivity index (χ0v) is 12.9. The van der Waals surface area contributed by atoms with Crippen molar-refractivity contribution < 1.29 is 18.7 Å². The fourth-order valence-corrected chi connectivity index (χ4v) is 2.60. The summed E-state index contributed by atoms with van der Waals surface area (Å²) < 4.78 is 27.5. The fourth-order valence-electron chi connectivity index (χ4n) is 2.60. The van der Waals surface area contributed by atoms with Gasteiger partial charge in [-0.3, -0.25) is 0 Å². The lowest BCUT2D eigenvalue weighted by molar-refractivity contribution is 0.113. The van der Waals surface area contributed by atoms with Gasteiger partial charge in [0, 0.05) is 18.7 Å². The van der Waals surface area contributed by atoms with Crippen molar-refractivity contribution in [1.82, 2.24) is 15.1 Å². The number of nitrogens with one attached hydrogen (secondary N) is 1. The maximum Gasteiger partial charge on any atom is 0.317 e. The van der Waals surface area contributed by atoms with Crippen molar-refractivity contribution in [2.45, 2.75) is 25.6 Å². The number of hydrogen-bond acceptors (Lipinski definition) is 3. The predicted molar refractivity (Wildman–Crippen MR) is 78.4 cm³/mol. The van der Waals surface area contributed by atoms with Gasteiger partial charge in [0.1, 0.15) is 11.6 Å². The van der Waals surface area contributed by atoms with Gasteiger partial charge in [0.25, 0.3) is 0 Å². The van der Waals surface area contributed by atoms with Crippen LogP contribution in [0, 0.1) is 18.6 Å². The van der Waals surface area contributed by atoms with Crippen LogP contribution in [0.15, 0.2) is 12.1 Å². The van der Waals surface area contributed by atoms with Gasteiger partial charge in [-0.2, -0.15) is 0 Å². The van der Waals surface area contributed by atoms with Crippen molar-refractivity contribution in [2.24, 2.45) is 0 Å². The molecule has 0 aliphatic carbocycles. The van der Waals surface area contributed by atoms with Crippen LogP contribution in [0.3, 0.4) is 0 Å². The molecule has 122 valence electrons. The predicted octanol–water partition coefficient (Wildman–Crippen LogP) is 1.09. The number of benzene rings is 1. The van der Waals surface area contributed by atoms with Crippen molar-refractivity contribution in [3.8, 4) is 0 Å². The molecule has 0 aromatic heterocycles. The Labute approximate surface area is 128 Å². The first-order valence-corrected chi connectivity index (χ1v) is 7.12. The first-order chi connectivity index (χ1) is 10.3. The Balaban J connectivity index is 1.98. The Bertz CT molecular complexity index is 566. The topological polar surface area (TPSA) is 55.8 Å². The molecule has 0 bridgehead atoms. The molecule has 2 N–H and O–H groups in total. The van der Waals surface area contributed by atoms with Gasteiger partial charge >= 0.3 is 6.03 Å². The van der Waals surface area contributed by atoms with Crippen molar-refractivity contribution in [3.63, 3.8) is 0 Å². The van der Waals surface area contributed by atoms with Crippen LogP contribution in [0.4, 0.5) is 13.6 Å². The number of carbonyl (C=O) groups is 1. The van der Waals surface area contributed by atoms with Gasteiger partial charge in [0.15, 0.2) is 0 Å². The van der Waals surface area contributed by atoms with Gasteiger partial charge < -0.3 is 20.2 Å². The van der Waals surface area contributed by atoms with E-state index in [1.807, 2.05) is 19.0 Å². The molecule has 1 aliphatic rings. The zero-order valence-electron chi connectivity index (χ0n) is 12.9. The molecule has 1 fully saturated rings. The van der Waals surface area contributed by atoms with Gasteiger partial charge in [-0.05, 0) is 32.6 Å². The summed E-state index contributed by atoms with van der Waals surface area (Å²) in [6, 6.07) is 1.96. The van der Waals surface area contributed by atoms with E-state index in [1.54, 1.807) is 6.92 Å². The van der Waals surface area contributed by atoms with Crippen molar-refractivity contribution >= 4 is 6.03 Å². The van der Waals surface area contributed by atoms with Crippen molar-refractivity contribution in [3.05, 3.63) is 34.9 Å². The third-order valence-electron chi connectivity index (χ3n) is 4.01. The van der Waals surface area contributed by atoms with Crippen molar-refractivity contribution in [1.29, 1.82) is 0 Å². The molecule has 5 nitrogen and oxygen atoms in total. The fraction of sp³-hybridized carbons (Fsp3) is 0.533. The first-order valence-electron chi connectivity index (χ1n) is 7.12. The lowest BCUT2D eigenvalue weighted by Crippen LogP contribution is -2.40. The second-order valence-electron chi connectivity index (χ2n) is 5.82. The van der Waals surface area contributed by atoms with Crippen LogP contribution in [0.2, 0.25) is 0 Å². The molecule has 1 aliphatic heterocycles. The van der Waals surface area contributed by atoms with Crippen LogP contribution in [0.1, 0.15) is 11.1 Å². The van der Waals surface area contributed by atoms with Crippen LogP contribution < -0.4 is 5.32 Å². The normalized spacial score (nSPS) is 21.5. The number of likely N-dealkylation sites (N-methyl/N-ethyl adjacent to an activating group) is 1. The first kappa shape index (κ1) is 16.6. The quantitative estimate of drug-likeness (QED) is 0.878. The summed E-state index contributed by atoms with van der Waals surface area (Å²) in [6.07, 6.45) is -0.631. The Kier molecular flexibility index (Phi) is 4.97. The number of aliphatic hydroxyl groups excluding tert-OH is 1. The molecule has 7 heteroatoms. The van der Waals surface area contributed by atoms with Crippen LogP contribution in [-0.2, 0) is 6.54 Å². The van der Waals surface area contributed by atoms with E-state index in [4.69, 9.17) is 0 Å². The van der Waals surface area contributed by atoms with E-state index in [0.717, 1.165) is 0 Å². The number of aryl methyl sites for hydroxylation is 1. The standard InChI is InChI=1S/C15H21F2N3O2/c1-9-4-5-11(16)10(14(9)17)6-18-15(22)20-7-12(19(2)3)13(21)8-20/h4-5,12-13,21H,6-8H2,1-3H3,(H,18,22). The van der Waals surface area contributed by atoms with Gasteiger partial charge in [-0.25, -0.2) is 13.6 Å². The van der Waals surface area contributed by atoms with Crippen LogP contribution >= 0.6 is 0 Å². The van der Waals surface area contributed by atoms with Gasteiger partial charge in [-0.15, -0.1) is 0 Å². The third kappa shape index (κ3) is 3.36. The molecule has 22 heavy (non-hydrogen) atoms. The Morgan fingerprint density at radius 3 is 2.68 bits per heavy atom. The van der Waals surface area contributed by atoms with E-state index in [1.165, 1.54) is 17.0 Å². The SMILES string of the molecule is Cc1ccc(F)c(CNC(=O)N2CC(O)C(N(C)C)C2)c1F. The molecule has 1 saturated heterocycles. The van der Waals surface area contributed by atoms with Gasteiger partial charge in [-0.1, -0.05) is 6.07 Å². The summed E-state index contributed by atoms with van der Waals surface area (Å²) in [4.78, 5) is 15.4. The van der Waals surface area contributed by atoms with Gasteiger partial charge in [0.2, 0.25) is 0 Å². The minimum atomic E-state index is -0.684. The zero-order chi connectivity index (χ0) is 16.4. The second kappa shape index (κ2) is 6.58. The molecule has 0 spiro atoms. The molecular weight excluding hydrogens is 292 g/mol. The van der Waals surface area contributed by atoms with E-state index in [-0.39, 0.29) is 24.7 Å². The van der Waals surface area contributed by atoms with E-state index in [9.17, 15) is 18.7 Å². The lowest BCUT2D eigenvalue weighted by Gasteiger charge is -2.21. The maximum absolute atomic E-state index is 13.9. The smallest absolute Gasteiger partial charge is 0.317 e. The number of hydrogen-bond donors (Lipinski definition) is 2. The highest BCUT2D eigenvalue weighted by Crippen LogP contribution is 2.17. The average Bonchev–Trinajstić information content (AvgIpc) is 2.85. The number of aliphatic hydroxyl groups is 1. The monoisotopic (exact) mass is 313 g/mol. The minimum Gasteiger partial charge on any atom is -0.390 e. The van der Waals surface area contributed by atoms with E-state index < -0.39 is 23.8 Å². The van der Waals surface area contributed by atoms with E-state index in [0.29, 0.717) is 12.1 Å². The number of urea groups is 1. The molecule has 2 atom stereocenters.